The highest BCUT2D eigenvalue weighted by molar-refractivity contribution is 5.67. The van der Waals surface area contributed by atoms with Crippen LogP contribution in [0.4, 0.5) is 0 Å². The first-order chi connectivity index (χ1) is 7.43. The molecule has 0 spiro atoms. The van der Waals surface area contributed by atoms with Gasteiger partial charge < -0.3 is 4.98 Å². The first kappa shape index (κ1) is 8.24. The van der Waals surface area contributed by atoms with Gasteiger partial charge in [0.15, 0.2) is 0 Å². The normalized spacial score (nSPS) is 10.7. The third kappa shape index (κ3) is 1.40. The van der Waals surface area contributed by atoms with E-state index in [2.05, 4.69) is 34.2 Å². The lowest BCUT2D eigenvalue weighted by molar-refractivity contribution is 1.25. The summed E-state index contributed by atoms with van der Waals surface area (Å²) in [5.41, 5.74) is 4.41. The van der Waals surface area contributed by atoms with Gasteiger partial charge in [-0.2, -0.15) is 0 Å². The van der Waals surface area contributed by atoms with Crippen LogP contribution in [0.15, 0.2) is 54.7 Å². The van der Waals surface area contributed by atoms with Crippen molar-refractivity contribution < 1.29 is 0 Å². The van der Waals surface area contributed by atoms with Crippen LogP contribution in [0.25, 0.3) is 22.6 Å². The van der Waals surface area contributed by atoms with Crippen molar-refractivity contribution in [2.75, 3.05) is 0 Å². The number of nitrogens with zero attached hydrogens (tertiary/aromatic N) is 1. The Bertz CT molecular complexity index is 540. The highest BCUT2D eigenvalue weighted by Crippen LogP contribution is 2.24. The molecular formula is C13H10N2. The number of rotatable bonds is 1. The molecule has 0 aromatic carbocycles. The maximum Gasteiger partial charge on any atom is 0.0864 e. The first-order valence-electron chi connectivity index (χ1n) is 4.93. The second-order valence-electron chi connectivity index (χ2n) is 3.48. The van der Waals surface area contributed by atoms with Crippen LogP contribution in [-0.2, 0) is 0 Å². The summed E-state index contributed by atoms with van der Waals surface area (Å²) >= 11 is 0. The average Bonchev–Trinajstić information content (AvgIpc) is 2.77. The maximum absolute atomic E-state index is 4.31. The SMILES string of the molecule is c1ccc(-c2ccc3cccc-3[nH]2)nc1. The van der Waals surface area contributed by atoms with Gasteiger partial charge in [-0.15, -0.1) is 0 Å². The molecule has 2 aliphatic rings. The van der Waals surface area contributed by atoms with Crippen LogP contribution in [0, 0.1) is 0 Å². The summed E-state index contributed by atoms with van der Waals surface area (Å²) < 4.78 is 0. The smallest absolute Gasteiger partial charge is 0.0864 e. The molecule has 3 rings (SSSR count). The fraction of sp³-hybridized carbons (Fsp3) is 0. The van der Waals surface area contributed by atoms with Crippen LogP contribution in [0.2, 0.25) is 0 Å². The molecule has 2 nitrogen and oxygen atoms in total. The molecule has 0 unspecified atom stereocenters. The molecule has 0 saturated carbocycles. The number of hydrogen-bond donors (Lipinski definition) is 1. The highest BCUT2D eigenvalue weighted by Gasteiger charge is 2.04. The van der Waals surface area contributed by atoms with E-state index in [1.807, 2.05) is 24.3 Å². The van der Waals surface area contributed by atoms with Crippen LogP contribution >= 0.6 is 0 Å². The summed E-state index contributed by atoms with van der Waals surface area (Å²) in [6.45, 7) is 0. The van der Waals surface area contributed by atoms with Crippen molar-refractivity contribution in [3.05, 3.63) is 54.7 Å². The van der Waals surface area contributed by atoms with Gasteiger partial charge >= 0.3 is 0 Å². The molecule has 1 aromatic heterocycles. The predicted molar refractivity (Wildman–Crippen MR) is 60.6 cm³/mol. The monoisotopic (exact) mass is 194 g/mol. The Morgan fingerprint density at radius 2 is 1.80 bits per heavy atom. The van der Waals surface area contributed by atoms with Crippen LogP contribution in [-0.4, -0.2) is 9.97 Å². The molecule has 2 heteroatoms. The second-order valence-corrected chi connectivity index (χ2v) is 3.48. The largest absolute Gasteiger partial charge is 0.353 e. The molecule has 0 amide bonds. The van der Waals surface area contributed by atoms with E-state index in [0.717, 1.165) is 17.1 Å². The van der Waals surface area contributed by atoms with Crippen molar-refractivity contribution in [3.8, 4) is 22.6 Å². The number of aromatic nitrogens is 2. The second kappa shape index (κ2) is 3.24. The van der Waals surface area contributed by atoms with Gasteiger partial charge in [0.25, 0.3) is 0 Å². The van der Waals surface area contributed by atoms with Crippen molar-refractivity contribution >= 4 is 0 Å². The molecule has 2 heterocycles. The quantitative estimate of drug-likeness (QED) is 0.633. The summed E-state index contributed by atoms with van der Waals surface area (Å²) in [5.74, 6) is 0. The molecule has 1 aliphatic heterocycles. The number of nitrogens with one attached hydrogen (secondary N) is 1. The van der Waals surface area contributed by atoms with Gasteiger partial charge in [0.05, 0.1) is 11.4 Å². The molecule has 72 valence electrons. The number of aromatic amines is 1. The predicted octanol–water partition coefficient (Wildman–Crippen LogP) is 3.18. The summed E-state index contributed by atoms with van der Waals surface area (Å²) in [6, 6.07) is 16.3. The van der Waals surface area contributed by atoms with Gasteiger partial charge in [-0.1, -0.05) is 24.3 Å². The fourth-order valence-electron chi connectivity index (χ4n) is 1.72. The Hall–Kier alpha value is -2.09. The van der Waals surface area contributed by atoms with E-state index in [4.69, 9.17) is 0 Å². The third-order valence-corrected chi connectivity index (χ3v) is 2.49. The number of pyridine rings is 2. The van der Waals surface area contributed by atoms with Gasteiger partial charge in [0, 0.05) is 11.9 Å². The first-order valence-corrected chi connectivity index (χ1v) is 4.93. The van der Waals surface area contributed by atoms with E-state index in [9.17, 15) is 0 Å². The Kier molecular flexibility index (Phi) is 1.78. The standard InChI is InChI=1S/C13H10N2/c1-2-9-14-12(5-1)13-8-7-10-4-3-6-11(10)15-13/h1-9,15H. The average molecular weight is 194 g/mol. The van der Waals surface area contributed by atoms with Crippen LogP contribution in [0.3, 0.4) is 0 Å². The Labute approximate surface area is 88.0 Å². The van der Waals surface area contributed by atoms with Gasteiger partial charge in [-0.05, 0) is 29.8 Å². The molecule has 0 saturated heterocycles. The number of hydrogen-bond acceptors (Lipinski definition) is 1. The topological polar surface area (TPSA) is 28.7 Å². The minimum absolute atomic E-state index is 0.973. The minimum Gasteiger partial charge on any atom is -0.353 e. The lowest BCUT2D eigenvalue weighted by atomic mass is 10.2. The zero-order valence-electron chi connectivity index (χ0n) is 8.14. The van der Waals surface area contributed by atoms with Crippen LogP contribution in [0.1, 0.15) is 0 Å². The van der Waals surface area contributed by atoms with Crippen molar-refractivity contribution in [2.45, 2.75) is 0 Å². The zero-order chi connectivity index (χ0) is 10.1. The summed E-state index contributed by atoms with van der Waals surface area (Å²) in [7, 11) is 0. The van der Waals surface area contributed by atoms with Gasteiger partial charge in [-0.3, -0.25) is 4.98 Å². The highest BCUT2D eigenvalue weighted by atomic mass is 14.8. The number of H-pyrrole nitrogens is 1. The molecule has 0 radical (unpaired) electrons. The van der Waals surface area contributed by atoms with E-state index < -0.39 is 0 Å². The lowest BCUT2D eigenvalue weighted by Gasteiger charge is -2.04. The van der Waals surface area contributed by atoms with E-state index in [1.54, 1.807) is 6.20 Å². The molecule has 15 heavy (non-hydrogen) atoms. The number of fused-ring (bicyclic) bond motifs is 1. The molecule has 1 aliphatic carbocycles. The molecular weight excluding hydrogens is 184 g/mol. The lowest BCUT2D eigenvalue weighted by Crippen LogP contribution is -1.88. The molecule has 0 bridgehead atoms. The third-order valence-electron chi connectivity index (χ3n) is 2.49. The van der Waals surface area contributed by atoms with Crippen molar-refractivity contribution in [3.63, 3.8) is 0 Å². The van der Waals surface area contributed by atoms with Gasteiger partial charge in [-0.25, -0.2) is 0 Å². The van der Waals surface area contributed by atoms with Crippen molar-refractivity contribution in [2.24, 2.45) is 0 Å². The van der Waals surface area contributed by atoms with E-state index in [1.165, 1.54) is 5.56 Å². The van der Waals surface area contributed by atoms with Crippen LogP contribution in [0.5, 0.6) is 0 Å². The van der Waals surface area contributed by atoms with Crippen molar-refractivity contribution in [1.82, 2.24) is 9.97 Å². The summed E-state index contributed by atoms with van der Waals surface area (Å²) in [4.78, 5) is 7.67. The Balaban J connectivity index is 2.17. The Morgan fingerprint density at radius 3 is 2.67 bits per heavy atom. The van der Waals surface area contributed by atoms with E-state index in [0.29, 0.717) is 0 Å². The zero-order valence-corrected chi connectivity index (χ0v) is 8.14. The van der Waals surface area contributed by atoms with Crippen LogP contribution < -0.4 is 0 Å². The van der Waals surface area contributed by atoms with E-state index in [-0.39, 0.29) is 0 Å². The van der Waals surface area contributed by atoms with Gasteiger partial charge in [0.2, 0.25) is 0 Å². The van der Waals surface area contributed by atoms with E-state index >= 15 is 0 Å². The van der Waals surface area contributed by atoms with Crippen molar-refractivity contribution in [1.29, 1.82) is 0 Å². The molecule has 0 atom stereocenters. The molecule has 1 aromatic rings. The summed E-state index contributed by atoms with van der Waals surface area (Å²) in [6.07, 6.45) is 1.80. The Morgan fingerprint density at radius 1 is 0.800 bits per heavy atom. The van der Waals surface area contributed by atoms with Gasteiger partial charge in [0.1, 0.15) is 0 Å². The summed E-state index contributed by atoms with van der Waals surface area (Å²) in [5, 5.41) is 0. The molecule has 1 N–H and O–H groups in total. The minimum atomic E-state index is 0.973. The molecule has 0 fully saturated rings. The maximum atomic E-state index is 4.31. The fourth-order valence-corrected chi connectivity index (χ4v) is 1.72.